The lowest BCUT2D eigenvalue weighted by Crippen LogP contribution is -2.57. The molecule has 3 rings (SSSR count). The van der Waals surface area contributed by atoms with Crippen LogP contribution < -0.4 is 9.47 Å². The lowest BCUT2D eigenvalue weighted by atomic mass is 10.0. The Labute approximate surface area is 161 Å². The van der Waals surface area contributed by atoms with Crippen LogP contribution in [0.1, 0.15) is 30.9 Å². The Hall–Kier alpha value is -2.77. The van der Waals surface area contributed by atoms with Crippen LogP contribution in [-0.4, -0.2) is 41.6 Å². The molecule has 1 aromatic heterocycles. The minimum Gasteiger partial charge on any atom is -0.484 e. The summed E-state index contributed by atoms with van der Waals surface area (Å²) >= 11 is 0. The quantitative estimate of drug-likeness (QED) is 0.746. The number of hydrogen-bond donors (Lipinski definition) is 0. The smallest absolute Gasteiger partial charge is 0.417 e. The van der Waals surface area contributed by atoms with E-state index in [0.717, 1.165) is 12.3 Å². The molecular weight excluding hydrogens is 373 g/mol. The maximum Gasteiger partial charge on any atom is 0.417 e. The molecule has 2 aromatic rings. The van der Waals surface area contributed by atoms with Crippen LogP contribution in [0.3, 0.4) is 0 Å². The topological polar surface area (TPSA) is 51.7 Å². The molecule has 1 aliphatic rings. The molecule has 1 aliphatic heterocycles. The lowest BCUT2D eigenvalue weighted by molar-refractivity contribution is -0.142. The third-order valence-electron chi connectivity index (χ3n) is 4.46. The van der Waals surface area contributed by atoms with E-state index in [1.165, 1.54) is 11.6 Å². The van der Waals surface area contributed by atoms with Gasteiger partial charge >= 0.3 is 6.18 Å². The van der Waals surface area contributed by atoms with E-state index in [-0.39, 0.29) is 24.5 Å². The summed E-state index contributed by atoms with van der Waals surface area (Å²) in [6.45, 7) is 4.81. The average molecular weight is 394 g/mol. The fourth-order valence-corrected chi connectivity index (χ4v) is 2.69. The highest BCUT2D eigenvalue weighted by Crippen LogP contribution is 2.29. The van der Waals surface area contributed by atoms with E-state index in [9.17, 15) is 18.0 Å². The number of alkyl halides is 3. The Bertz CT molecular complexity index is 799. The number of rotatable bonds is 6. The van der Waals surface area contributed by atoms with Crippen LogP contribution in [0.4, 0.5) is 13.2 Å². The van der Waals surface area contributed by atoms with Crippen LogP contribution in [0.15, 0.2) is 42.6 Å². The summed E-state index contributed by atoms with van der Waals surface area (Å²) in [7, 11) is 0. The van der Waals surface area contributed by atoms with Crippen molar-refractivity contribution >= 4 is 5.91 Å². The van der Waals surface area contributed by atoms with Crippen LogP contribution in [0.25, 0.3) is 0 Å². The van der Waals surface area contributed by atoms with Gasteiger partial charge in [-0.1, -0.05) is 26.0 Å². The van der Waals surface area contributed by atoms with Crippen LogP contribution in [0.2, 0.25) is 0 Å². The second kappa shape index (κ2) is 8.08. The molecule has 1 saturated heterocycles. The molecule has 0 spiro atoms. The van der Waals surface area contributed by atoms with Gasteiger partial charge in [-0.2, -0.15) is 13.2 Å². The summed E-state index contributed by atoms with van der Waals surface area (Å²) in [5, 5.41) is 0. The number of carbonyl (C=O) groups excluding carboxylic acids is 1. The number of ether oxygens (including phenoxy) is 2. The largest absolute Gasteiger partial charge is 0.484 e. The number of nitrogens with zero attached hydrogens (tertiary/aromatic N) is 2. The summed E-state index contributed by atoms with van der Waals surface area (Å²) in [5.74, 6) is 0.979. The van der Waals surface area contributed by atoms with Crippen molar-refractivity contribution < 1.29 is 27.4 Å². The van der Waals surface area contributed by atoms with Crippen molar-refractivity contribution in [1.29, 1.82) is 0 Å². The first kappa shape index (κ1) is 20.0. The van der Waals surface area contributed by atoms with E-state index in [1.807, 2.05) is 24.3 Å². The third kappa shape index (κ3) is 4.94. The Kier molecular flexibility index (Phi) is 5.76. The molecule has 0 saturated carbocycles. The van der Waals surface area contributed by atoms with E-state index in [2.05, 4.69) is 18.8 Å². The molecule has 0 bridgehead atoms. The van der Waals surface area contributed by atoms with Gasteiger partial charge in [0.1, 0.15) is 11.9 Å². The predicted octanol–water partition coefficient (Wildman–Crippen LogP) is 3.89. The average Bonchev–Trinajstić information content (AvgIpc) is 2.62. The van der Waals surface area contributed by atoms with Gasteiger partial charge in [0.15, 0.2) is 6.61 Å². The fourth-order valence-electron chi connectivity index (χ4n) is 2.69. The number of amides is 1. The highest BCUT2D eigenvalue weighted by Gasteiger charge is 2.34. The first-order chi connectivity index (χ1) is 13.2. The van der Waals surface area contributed by atoms with E-state index in [0.29, 0.717) is 24.8 Å². The van der Waals surface area contributed by atoms with Crippen LogP contribution in [0, 0.1) is 0 Å². The van der Waals surface area contributed by atoms with Crippen molar-refractivity contribution in [2.45, 2.75) is 32.0 Å². The number of pyridine rings is 1. The molecule has 2 heterocycles. The predicted molar refractivity (Wildman–Crippen MR) is 96.3 cm³/mol. The van der Waals surface area contributed by atoms with Gasteiger partial charge in [-0.25, -0.2) is 4.98 Å². The van der Waals surface area contributed by atoms with Gasteiger partial charge in [0.25, 0.3) is 5.91 Å². The number of halogens is 3. The summed E-state index contributed by atoms with van der Waals surface area (Å²) in [4.78, 5) is 17.4. The van der Waals surface area contributed by atoms with Crippen molar-refractivity contribution in [3.05, 3.63) is 53.7 Å². The minimum absolute atomic E-state index is 0.0771. The van der Waals surface area contributed by atoms with Crippen molar-refractivity contribution in [2.75, 3.05) is 19.7 Å². The van der Waals surface area contributed by atoms with Crippen LogP contribution in [-0.2, 0) is 11.0 Å². The van der Waals surface area contributed by atoms with Crippen LogP contribution >= 0.6 is 0 Å². The Morgan fingerprint density at radius 1 is 1.18 bits per heavy atom. The summed E-state index contributed by atoms with van der Waals surface area (Å²) < 4.78 is 48.5. The molecule has 0 atom stereocenters. The molecule has 0 aliphatic carbocycles. The maximum absolute atomic E-state index is 12.5. The first-order valence-corrected chi connectivity index (χ1v) is 8.93. The van der Waals surface area contributed by atoms with Gasteiger partial charge < -0.3 is 14.4 Å². The Morgan fingerprint density at radius 3 is 2.39 bits per heavy atom. The van der Waals surface area contributed by atoms with Crippen LogP contribution in [0.5, 0.6) is 11.6 Å². The fraction of sp³-hybridized carbons (Fsp3) is 0.400. The zero-order chi connectivity index (χ0) is 20.3. The highest BCUT2D eigenvalue weighted by atomic mass is 19.4. The molecule has 8 heteroatoms. The van der Waals surface area contributed by atoms with Gasteiger partial charge in [-0.15, -0.1) is 0 Å². The normalized spacial score (nSPS) is 14.7. The van der Waals surface area contributed by atoms with Crippen molar-refractivity contribution in [3.8, 4) is 11.6 Å². The van der Waals surface area contributed by atoms with Crippen molar-refractivity contribution in [1.82, 2.24) is 9.88 Å². The standard InChI is InChI=1S/C20H21F3N2O3/c1-13(2)14-3-6-16(7-4-14)27-12-19(26)25-10-17(11-25)28-18-8-5-15(9-24-18)20(21,22)23/h3-9,13,17H,10-12H2,1-2H3. The van der Waals surface area contributed by atoms with E-state index in [1.54, 1.807) is 4.90 Å². The van der Waals surface area contributed by atoms with E-state index < -0.39 is 11.7 Å². The van der Waals surface area contributed by atoms with Gasteiger partial charge in [0, 0.05) is 12.3 Å². The van der Waals surface area contributed by atoms with Crippen molar-refractivity contribution in [2.24, 2.45) is 0 Å². The van der Waals surface area contributed by atoms with Gasteiger partial charge in [0.2, 0.25) is 5.88 Å². The zero-order valence-corrected chi connectivity index (χ0v) is 15.6. The first-order valence-electron chi connectivity index (χ1n) is 8.93. The van der Waals surface area contributed by atoms with Crippen molar-refractivity contribution in [3.63, 3.8) is 0 Å². The SMILES string of the molecule is CC(C)c1ccc(OCC(=O)N2CC(Oc3ccc(C(F)(F)F)cn3)C2)cc1. The molecule has 28 heavy (non-hydrogen) atoms. The third-order valence-corrected chi connectivity index (χ3v) is 4.46. The number of aromatic nitrogens is 1. The number of likely N-dealkylation sites (tertiary alicyclic amines) is 1. The second-order valence-corrected chi connectivity index (χ2v) is 6.93. The Balaban J connectivity index is 1.41. The monoisotopic (exact) mass is 394 g/mol. The van der Waals surface area contributed by atoms with E-state index in [4.69, 9.17) is 9.47 Å². The number of hydrogen-bond acceptors (Lipinski definition) is 4. The molecule has 0 N–H and O–H groups in total. The maximum atomic E-state index is 12.5. The summed E-state index contributed by atoms with van der Waals surface area (Å²) in [6, 6.07) is 9.70. The van der Waals surface area contributed by atoms with Gasteiger partial charge in [-0.3, -0.25) is 4.79 Å². The zero-order valence-electron chi connectivity index (χ0n) is 15.6. The molecule has 1 aromatic carbocycles. The van der Waals surface area contributed by atoms with Gasteiger partial charge in [-0.05, 0) is 29.7 Å². The summed E-state index contributed by atoms with van der Waals surface area (Å²) in [5.41, 5.74) is 0.363. The molecule has 1 fully saturated rings. The van der Waals surface area contributed by atoms with E-state index >= 15 is 0 Å². The second-order valence-electron chi connectivity index (χ2n) is 6.93. The molecule has 150 valence electrons. The lowest BCUT2D eigenvalue weighted by Gasteiger charge is -2.38. The summed E-state index contributed by atoms with van der Waals surface area (Å²) in [6.07, 6.45) is -3.99. The molecule has 5 nitrogen and oxygen atoms in total. The molecule has 0 unspecified atom stereocenters. The minimum atomic E-state index is -4.43. The molecule has 1 amide bonds. The molecular formula is C20H21F3N2O3. The highest BCUT2D eigenvalue weighted by molar-refractivity contribution is 5.78. The number of benzene rings is 1. The van der Waals surface area contributed by atoms with Gasteiger partial charge in [0.05, 0.1) is 18.7 Å². The molecule has 0 radical (unpaired) electrons. The number of carbonyl (C=O) groups is 1. The Morgan fingerprint density at radius 2 is 1.86 bits per heavy atom.